The number of hydrogen-bond donors (Lipinski definition) is 1. The van der Waals surface area contributed by atoms with E-state index in [2.05, 4.69) is 0 Å². The fraction of sp³-hybridized carbons (Fsp3) is 0.521. The molecule has 0 amide bonds. The summed E-state index contributed by atoms with van der Waals surface area (Å²) >= 11 is 0. The van der Waals surface area contributed by atoms with Crippen LogP contribution in [0.5, 0.6) is 23.0 Å². The minimum absolute atomic E-state index is 0.000535. The second kappa shape index (κ2) is 23.0. The SMILES string of the molecule is COCOc1cc(OC)cc2c1C(=O)OC(C)C/C=C(/F)C(=O)C1OC(C)(C)O[C@H]1C/C=C/2.COCOc1cc(OC)cc2c1C(=O)OC(C)C/C=C(/F)C(O)C1OC(C)(C)O[C@H]1C/C=C/2. The van der Waals surface area contributed by atoms with Crippen LogP contribution in [0.3, 0.4) is 0 Å². The molecule has 2 fully saturated rings. The number of halogens is 2. The number of Topliss-reactive ketones (excluding diaryl/α,β-unsaturated/α-hetero) is 1. The van der Waals surface area contributed by atoms with E-state index in [-0.39, 0.29) is 55.5 Å². The Morgan fingerprint density at radius 2 is 1.12 bits per heavy atom. The van der Waals surface area contributed by atoms with Crippen molar-refractivity contribution in [1.82, 2.24) is 0 Å². The summed E-state index contributed by atoms with van der Waals surface area (Å²) in [5.41, 5.74) is 1.36. The summed E-state index contributed by atoms with van der Waals surface area (Å²) in [6.07, 6.45) is 3.61. The molecular formula is C48H60F2O16. The number of hydrogen-bond acceptors (Lipinski definition) is 16. The molecule has 0 aromatic heterocycles. The third-order valence-electron chi connectivity index (χ3n) is 10.5. The zero-order valence-corrected chi connectivity index (χ0v) is 38.9. The zero-order valence-electron chi connectivity index (χ0n) is 38.9. The average molecular weight is 931 g/mol. The summed E-state index contributed by atoms with van der Waals surface area (Å²) < 4.78 is 95.4. The van der Waals surface area contributed by atoms with Gasteiger partial charge >= 0.3 is 11.9 Å². The van der Waals surface area contributed by atoms with E-state index in [0.29, 0.717) is 29.0 Å². The van der Waals surface area contributed by atoms with Gasteiger partial charge in [-0.15, -0.1) is 0 Å². The number of ketones is 1. The first-order valence-electron chi connectivity index (χ1n) is 21.4. The third kappa shape index (κ3) is 13.5. The number of aliphatic hydroxyl groups excluding tert-OH is 1. The van der Waals surface area contributed by atoms with Gasteiger partial charge in [-0.05, 0) is 89.8 Å². The predicted octanol–water partition coefficient (Wildman–Crippen LogP) is 7.74. The standard InChI is InChI=1S/C24H31FO8.C24H29FO8/c2*1-14-9-10-17(25)21(26)22-18(32-24(2,3)33-22)8-6-7-15-11-16(29-5)12-19(30-13-28-4)20(15)23(27)31-14/h6-7,10-12,14,18,21-22,26H,8-9,13H2,1-5H3;6-7,10-12,14,18,22H,8-9,13H2,1-5H3/b2*7-6+,17-10+/t14?,18-,21?,22?;14?,18-,22?/m00/s1. The molecule has 2 aromatic rings. The van der Waals surface area contributed by atoms with Crippen molar-refractivity contribution in [2.24, 2.45) is 0 Å². The monoisotopic (exact) mass is 930 g/mol. The molecule has 362 valence electrons. The molecule has 2 aromatic carbocycles. The highest BCUT2D eigenvalue weighted by atomic mass is 19.1. The minimum Gasteiger partial charge on any atom is -0.497 e. The van der Waals surface area contributed by atoms with Crippen LogP contribution in [-0.2, 0) is 42.7 Å². The number of carbonyl (C=O) groups is 3. The maximum atomic E-state index is 14.7. The number of rotatable bonds is 8. The Hall–Kier alpha value is -5.21. The van der Waals surface area contributed by atoms with Crippen LogP contribution in [-0.4, -0.2) is 119 Å². The second-order valence-electron chi connectivity index (χ2n) is 16.6. The molecule has 0 radical (unpaired) electrons. The van der Waals surface area contributed by atoms with Gasteiger partial charge < -0.3 is 61.9 Å². The average Bonchev–Trinajstić information content (AvgIpc) is 3.76. The Morgan fingerprint density at radius 1 is 0.652 bits per heavy atom. The van der Waals surface area contributed by atoms with E-state index in [9.17, 15) is 28.3 Å². The van der Waals surface area contributed by atoms with Crippen molar-refractivity contribution in [2.45, 2.75) is 122 Å². The van der Waals surface area contributed by atoms with Crippen molar-refractivity contribution in [3.8, 4) is 23.0 Å². The largest absolute Gasteiger partial charge is 0.497 e. The number of benzene rings is 2. The van der Waals surface area contributed by atoms with Crippen LogP contribution in [0.25, 0.3) is 12.2 Å². The molecule has 4 aliphatic rings. The summed E-state index contributed by atoms with van der Waals surface area (Å²) in [7, 11) is 5.94. The van der Waals surface area contributed by atoms with Gasteiger partial charge in [0.15, 0.2) is 37.1 Å². The lowest BCUT2D eigenvalue weighted by molar-refractivity contribution is -0.153. The number of esters is 2. The van der Waals surface area contributed by atoms with Gasteiger partial charge in [-0.2, -0.15) is 0 Å². The Bertz CT molecular complexity index is 2160. The summed E-state index contributed by atoms with van der Waals surface area (Å²) in [5.74, 6) is -4.43. The van der Waals surface area contributed by atoms with Crippen LogP contribution in [0.4, 0.5) is 8.78 Å². The van der Waals surface area contributed by atoms with Crippen LogP contribution in [0, 0.1) is 0 Å². The molecule has 2 saturated heterocycles. The van der Waals surface area contributed by atoms with Crippen molar-refractivity contribution in [2.75, 3.05) is 42.0 Å². The van der Waals surface area contributed by atoms with Crippen molar-refractivity contribution in [3.63, 3.8) is 0 Å². The molecule has 4 heterocycles. The fourth-order valence-electron chi connectivity index (χ4n) is 7.47. The molecule has 66 heavy (non-hydrogen) atoms. The van der Waals surface area contributed by atoms with Gasteiger partial charge in [0.2, 0.25) is 5.78 Å². The van der Waals surface area contributed by atoms with Crippen molar-refractivity contribution < 1.29 is 85.1 Å². The number of methoxy groups -OCH3 is 4. The van der Waals surface area contributed by atoms with E-state index in [4.69, 9.17) is 56.8 Å². The van der Waals surface area contributed by atoms with E-state index in [0.717, 1.165) is 6.08 Å². The van der Waals surface area contributed by atoms with Gasteiger partial charge in [0.05, 0.1) is 26.4 Å². The lowest BCUT2D eigenvalue weighted by atomic mass is 10.0. The Kier molecular flexibility index (Phi) is 18.0. The molecule has 7 atom stereocenters. The van der Waals surface area contributed by atoms with Gasteiger partial charge in [0, 0.05) is 39.2 Å². The van der Waals surface area contributed by atoms with Crippen LogP contribution in [0.15, 0.2) is 60.2 Å². The van der Waals surface area contributed by atoms with Gasteiger partial charge in [0.25, 0.3) is 0 Å². The number of ether oxygens (including phenoxy) is 12. The van der Waals surface area contributed by atoms with Crippen LogP contribution >= 0.6 is 0 Å². The van der Waals surface area contributed by atoms with E-state index in [1.54, 1.807) is 90.1 Å². The first-order chi connectivity index (χ1) is 31.3. The van der Waals surface area contributed by atoms with Crippen LogP contribution in [0.2, 0.25) is 0 Å². The third-order valence-corrected chi connectivity index (χ3v) is 10.5. The minimum atomic E-state index is -1.50. The number of carbonyl (C=O) groups excluding carboxylic acids is 3. The zero-order chi connectivity index (χ0) is 48.3. The smallest absolute Gasteiger partial charge is 0.342 e. The van der Waals surface area contributed by atoms with Crippen LogP contribution in [0.1, 0.15) is 99.1 Å². The van der Waals surface area contributed by atoms with Crippen LogP contribution < -0.4 is 18.9 Å². The second-order valence-corrected chi connectivity index (χ2v) is 16.6. The van der Waals surface area contributed by atoms with Gasteiger partial charge in [-0.25, -0.2) is 18.4 Å². The Balaban J connectivity index is 0.000000247. The normalized spacial score (nSPS) is 29.0. The molecule has 6 rings (SSSR count). The highest BCUT2D eigenvalue weighted by Gasteiger charge is 2.47. The van der Waals surface area contributed by atoms with E-state index >= 15 is 0 Å². The van der Waals surface area contributed by atoms with Gasteiger partial charge in [-0.3, -0.25) is 4.79 Å². The molecule has 0 saturated carbocycles. The van der Waals surface area contributed by atoms with E-state index in [1.807, 2.05) is 0 Å². The lowest BCUT2D eigenvalue weighted by Crippen LogP contribution is -2.36. The fourth-order valence-corrected chi connectivity index (χ4v) is 7.47. The predicted molar refractivity (Wildman–Crippen MR) is 234 cm³/mol. The molecule has 4 aliphatic heterocycles. The highest BCUT2D eigenvalue weighted by molar-refractivity contribution is 5.99. The Labute approximate surface area is 383 Å². The molecule has 5 unspecified atom stereocenters. The molecular weight excluding hydrogens is 871 g/mol. The molecule has 0 aliphatic carbocycles. The highest BCUT2D eigenvalue weighted by Crippen LogP contribution is 2.38. The number of cyclic esters (lactones) is 2. The number of fused-ring (bicyclic) bond motifs is 4. The van der Waals surface area contributed by atoms with Gasteiger partial charge in [-0.1, -0.05) is 24.3 Å². The topological polar surface area (TPSA) is 182 Å². The molecule has 0 bridgehead atoms. The van der Waals surface area contributed by atoms with Crippen molar-refractivity contribution in [3.05, 3.63) is 82.5 Å². The maximum Gasteiger partial charge on any atom is 0.342 e. The summed E-state index contributed by atoms with van der Waals surface area (Å²) in [6.45, 7) is 9.82. The summed E-state index contributed by atoms with van der Waals surface area (Å²) in [6, 6.07) is 6.49. The first kappa shape index (κ1) is 51.8. The molecule has 1 N–H and O–H groups in total. The summed E-state index contributed by atoms with van der Waals surface area (Å²) in [4.78, 5) is 38.8. The first-order valence-corrected chi connectivity index (χ1v) is 21.4. The number of aliphatic hydroxyl groups is 1. The lowest BCUT2D eigenvalue weighted by Gasteiger charge is -2.22. The quantitative estimate of drug-likeness (QED) is 0.200. The van der Waals surface area contributed by atoms with Crippen molar-refractivity contribution in [1.29, 1.82) is 0 Å². The van der Waals surface area contributed by atoms with E-state index < -0.39 is 83.7 Å². The molecule has 0 spiro atoms. The van der Waals surface area contributed by atoms with Gasteiger partial charge in [0.1, 0.15) is 64.4 Å². The maximum absolute atomic E-state index is 14.7. The van der Waals surface area contributed by atoms with E-state index in [1.165, 1.54) is 34.5 Å². The Morgan fingerprint density at radius 3 is 1.62 bits per heavy atom. The molecule has 18 heteroatoms. The summed E-state index contributed by atoms with van der Waals surface area (Å²) in [5, 5.41) is 10.5. The molecule has 16 nitrogen and oxygen atoms in total. The van der Waals surface area contributed by atoms with Crippen molar-refractivity contribution >= 4 is 29.9 Å².